The fraction of sp³-hybridized carbons (Fsp3) is 0.200. The molecule has 0 fully saturated rings. The Labute approximate surface area is 289 Å². The minimum Gasteiger partial charge on any atom is -0.507 e. The lowest BCUT2D eigenvalue weighted by Crippen LogP contribution is -2.17. The molecule has 2 heterocycles. The number of rotatable bonds is 5. The first-order chi connectivity index (χ1) is 23.4. The zero-order valence-electron chi connectivity index (χ0n) is 29.4. The number of pyridine rings is 1. The van der Waals surface area contributed by atoms with Gasteiger partial charge in [-0.25, -0.2) is 4.98 Å². The van der Waals surface area contributed by atoms with Gasteiger partial charge in [-0.15, -0.1) is 0 Å². The standard InChI is InChI=1S/C45H43N3O/c1-44(2,3)35-27-37(42(49)38(28-35)45(4,5)6)43-47-41-36(20-13-21-40(41)48(43)7)33-18-12-19-34(25-33)39-26-32(22-23-46-39)31-17-11-16-30(24-31)29-14-9-8-10-15-29/h8-28,49H,1-7H3. The quantitative estimate of drug-likeness (QED) is 0.203. The van der Waals surface area contributed by atoms with E-state index < -0.39 is 0 Å². The van der Waals surface area contributed by atoms with E-state index in [1.807, 2.05) is 19.3 Å². The van der Waals surface area contributed by atoms with Gasteiger partial charge in [-0.1, -0.05) is 126 Å². The second kappa shape index (κ2) is 12.2. The SMILES string of the molecule is Cn1c(-c2cc(C(C)(C)C)cc(C(C)(C)C)c2O)nc2c(-c3cccc(-c4cc(-c5cccc(-c6ccccc6)c5)ccn4)c3)cccc21. The number of hydrogen-bond donors (Lipinski definition) is 1. The van der Waals surface area contributed by atoms with Gasteiger partial charge in [0, 0.05) is 29.9 Å². The molecule has 2 aromatic heterocycles. The molecule has 0 bridgehead atoms. The zero-order chi connectivity index (χ0) is 34.5. The van der Waals surface area contributed by atoms with E-state index in [4.69, 9.17) is 9.97 Å². The highest BCUT2D eigenvalue weighted by Gasteiger charge is 2.27. The van der Waals surface area contributed by atoms with Gasteiger partial charge < -0.3 is 9.67 Å². The Bertz CT molecular complexity index is 2320. The minimum absolute atomic E-state index is 0.0886. The molecule has 0 saturated heterocycles. The van der Waals surface area contributed by atoms with Gasteiger partial charge in [-0.05, 0) is 80.6 Å². The van der Waals surface area contributed by atoms with Gasteiger partial charge in [-0.3, -0.25) is 4.98 Å². The summed E-state index contributed by atoms with van der Waals surface area (Å²) >= 11 is 0. The van der Waals surface area contributed by atoms with Crippen LogP contribution in [0.4, 0.5) is 0 Å². The molecular formula is C45H43N3O. The molecule has 0 atom stereocenters. The maximum Gasteiger partial charge on any atom is 0.144 e. The third-order valence-electron chi connectivity index (χ3n) is 9.47. The number of para-hydroxylation sites is 1. The first kappa shape index (κ1) is 32.1. The Morgan fingerprint density at radius 3 is 1.88 bits per heavy atom. The summed E-state index contributed by atoms with van der Waals surface area (Å²) in [7, 11) is 2.03. The van der Waals surface area contributed by atoms with E-state index in [0.717, 1.165) is 61.5 Å². The van der Waals surface area contributed by atoms with E-state index in [9.17, 15) is 5.11 Å². The van der Waals surface area contributed by atoms with Crippen molar-refractivity contribution in [2.24, 2.45) is 7.05 Å². The van der Waals surface area contributed by atoms with Crippen molar-refractivity contribution in [3.8, 4) is 61.8 Å². The van der Waals surface area contributed by atoms with Crippen LogP contribution in [0.25, 0.3) is 67.1 Å². The number of aromatic nitrogens is 3. The molecule has 49 heavy (non-hydrogen) atoms. The van der Waals surface area contributed by atoms with Crippen molar-refractivity contribution in [3.63, 3.8) is 0 Å². The van der Waals surface area contributed by atoms with Crippen molar-refractivity contribution in [1.82, 2.24) is 14.5 Å². The summed E-state index contributed by atoms with van der Waals surface area (Å²) in [4.78, 5) is 10.0. The van der Waals surface area contributed by atoms with Crippen molar-refractivity contribution >= 4 is 11.0 Å². The molecule has 0 unspecified atom stereocenters. The van der Waals surface area contributed by atoms with Gasteiger partial charge >= 0.3 is 0 Å². The lowest BCUT2D eigenvalue weighted by atomic mass is 9.79. The Kier molecular flexibility index (Phi) is 7.99. The van der Waals surface area contributed by atoms with E-state index in [1.54, 1.807) is 0 Å². The van der Waals surface area contributed by atoms with Crippen LogP contribution >= 0.6 is 0 Å². The number of fused-ring (bicyclic) bond motifs is 1. The normalized spacial score (nSPS) is 12.1. The Balaban J connectivity index is 1.30. The number of phenolic OH excluding ortho intramolecular Hbond substituents is 1. The number of hydrogen-bond acceptors (Lipinski definition) is 3. The molecule has 0 aliphatic rings. The topological polar surface area (TPSA) is 50.9 Å². The van der Waals surface area contributed by atoms with Crippen LogP contribution in [-0.4, -0.2) is 19.6 Å². The number of aromatic hydroxyl groups is 1. The molecule has 0 radical (unpaired) electrons. The third kappa shape index (κ3) is 6.15. The Hall–Kier alpha value is -5.48. The number of phenols is 1. The molecule has 7 rings (SSSR count). The lowest BCUT2D eigenvalue weighted by molar-refractivity contribution is 0.446. The monoisotopic (exact) mass is 641 g/mol. The molecule has 0 spiro atoms. The van der Waals surface area contributed by atoms with Gasteiger partial charge in [0.2, 0.25) is 0 Å². The third-order valence-corrected chi connectivity index (χ3v) is 9.47. The summed E-state index contributed by atoms with van der Waals surface area (Å²) in [5, 5.41) is 11.7. The summed E-state index contributed by atoms with van der Waals surface area (Å²) in [5.41, 5.74) is 13.2. The Morgan fingerprint density at radius 2 is 1.16 bits per heavy atom. The number of benzene rings is 5. The van der Waals surface area contributed by atoms with Crippen molar-refractivity contribution in [1.29, 1.82) is 0 Å². The molecule has 4 heteroatoms. The van der Waals surface area contributed by atoms with E-state index in [0.29, 0.717) is 5.75 Å². The molecule has 0 aliphatic carbocycles. The summed E-state index contributed by atoms with van der Waals surface area (Å²) in [5.74, 6) is 1.04. The van der Waals surface area contributed by atoms with Crippen molar-refractivity contribution in [2.45, 2.75) is 52.4 Å². The first-order valence-corrected chi connectivity index (χ1v) is 16.9. The molecule has 0 amide bonds. The molecule has 244 valence electrons. The second-order valence-electron chi connectivity index (χ2n) is 15.0. The highest BCUT2D eigenvalue weighted by atomic mass is 16.3. The molecule has 7 aromatic rings. The van der Waals surface area contributed by atoms with E-state index >= 15 is 0 Å². The van der Waals surface area contributed by atoms with Crippen LogP contribution in [0.3, 0.4) is 0 Å². The summed E-state index contributed by atoms with van der Waals surface area (Å²) < 4.78 is 2.10. The molecule has 0 aliphatic heterocycles. The fourth-order valence-corrected chi connectivity index (χ4v) is 6.62. The van der Waals surface area contributed by atoms with E-state index in [2.05, 4.69) is 161 Å². The van der Waals surface area contributed by atoms with E-state index in [1.165, 1.54) is 16.7 Å². The van der Waals surface area contributed by atoms with Crippen molar-refractivity contribution in [2.75, 3.05) is 0 Å². The average Bonchev–Trinajstić information content (AvgIpc) is 3.44. The van der Waals surface area contributed by atoms with Crippen LogP contribution in [0.5, 0.6) is 5.75 Å². The van der Waals surface area contributed by atoms with Crippen LogP contribution in [0, 0.1) is 0 Å². The number of aryl methyl sites for hydroxylation is 1. The largest absolute Gasteiger partial charge is 0.507 e. The molecule has 5 aromatic carbocycles. The van der Waals surface area contributed by atoms with Gasteiger partial charge in [0.05, 0.1) is 22.3 Å². The van der Waals surface area contributed by atoms with E-state index in [-0.39, 0.29) is 10.8 Å². The molecule has 1 N–H and O–H groups in total. The summed E-state index contributed by atoms with van der Waals surface area (Å²) in [6.07, 6.45) is 1.89. The number of imidazole rings is 1. The molecular weight excluding hydrogens is 599 g/mol. The second-order valence-corrected chi connectivity index (χ2v) is 15.0. The molecule has 4 nitrogen and oxygen atoms in total. The van der Waals surface area contributed by atoms with Crippen LogP contribution in [0.2, 0.25) is 0 Å². The van der Waals surface area contributed by atoms with Crippen LogP contribution in [-0.2, 0) is 17.9 Å². The minimum atomic E-state index is -0.230. The predicted molar refractivity (Wildman–Crippen MR) is 205 cm³/mol. The van der Waals surface area contributed by atoms with Crippen molar-refractivity contribution in [3.05, 3.63) is 139 Å². The summed E-state index contributed by atoms with van der Waals surface area (Å²) in [6.45, 7) is 13.1. The lowest BCUT2D eigenvalue weighted by Gasteiger charge is -2.27. The zero-order valence-corrected chi connectivity index (χ0v) is 29.4. The van der Waals surface area contributed by atoms with Crippen LogP contribution < -0.4 is 0 Å². The van der Waals surface area contributed by atoms with Gasteiger partial charge in [0.1, 0.15) is 11.6 Å². The maximum atomic E-state index is 11.7. The van der Waals surface area contributed by atoms with Gasteiger partial charge in [0.25, 0.3) is 0 Å². The summed E-state index contributed by atoms with van der Waals surface area (Å²) in [6, 6.07) is 42.5. The number of nitrogens with zero attached hydrogens (tertiary/aromatic N) is 3. The first-order valence-electron chi connectivity index (χ1n) is 16.9. The fourth-order valence-electron chi connectivity index (χ4n) is 6.62. The predicted octanol–water partition coefficient (Wildman–Crippen LogP) is 11.6. The Morgan fingerprint density at radius 1 is 0.551 bits per heavy atom. The molecule has 0 saturated carbocycles. The van der Waals surface area contributed by atoms with Gasteiger partial charge in [0.15, 0.2) is 0 Å². The van der Waals surface area contributed by atoms with Gasteiger partial charge in [-0.2, -0.15) is 0 Å². The maximum absolute atomic E-state index is 11.7. The van der Waals surface area contributed by atoms with Crippen LogP contribution in [0.15, 0.2) is 128 Å². The highest BCUT2D eigenvalue weighted by molar-refractivity contribution is 5.95. The highest BCUT2D eigenvalue weighted by Crippen LogP contribution is 2.43. The van der Waals surface area contributed by atoms with Crippen LogP contribution in [0.1, 0.15) is 52.7 Å². The smallest absolute Gasteiger partial charge is 0.144 e. The van der Waals surface area contributed by atoms with Crippen molar-refractivity contribution < 1.29 is 5.11 Å². The average molecular weight is 642 g/mol.